The summed E-state index contributed by atoms with van der Waals surface area (Å²) in [7, 11) is 0. The lowest BCUT2D eigenvalue weighted by molar-refractivity contribution is -0.185. The maximum atomic E-state index is 12.0. The summed E-state index contributed by atoms with van der Waals surface area (Å²) in [5.74, 6) is 0.896. The van der Waals surface area contributed by atoms with Gasteiger partial charge in [0, 0.05) is 12.3 Å². The van der Waals surface area contributed by atoms with Crippen LogP contribution in [0.1, 0.15) is 36.0 Å². The van der Waals surface area contributed by atoms with Gasteiger partial charge in [0.05, 0.1) is 0 Å². The van der Waals surface area contributed by atoms with Gasteiger partial charge in [-0.3, -0.25) is 0 Å². The summed E-state index contributed by atoms with van der Waals surface area (Å²) >= 11 is 0. The Morgan fingerprint density at radius 1 is 1.18 bits per heavy atom. The second kappa shape index (κ2) is 3.03. The molecule has 3 heteroatoms. The third-order valence-electron chi connectivity index (χ3n) is 4.39. The fourth-order valence-electron chi connectivity index (χ4n) is 3.62. The summed E-state index contributed by atoms with van der Waals surface area (Å²) in [6.07, 6.45) is 4.41. The maximum Gasteiger partial charge on any atom is 0.345 e. The molecule has 0 radical (unpaired) electrons. The molecule has 2 bridgehead atoms. The van der Waals surface area contributed by atoms with Gasteiger partial charge in [-0.2, -0.15) is 0 Å². The number of benzene rings is 1. The number of fused-ring (bicyclic) bond motifs is 4. The van der Waals surface area contributed by atoms with Crippen LogP contribution in [-0.4, -0.2) is 11.8 Å². The summed E-state index contributed by atoms with van der Waals surface area (Å²) in [5.41, 5.74) is 0.556. The molecular weight excluding hydrogens is 216 g/mol. The molecule has 2 fully saturated rings. The fraction of sp³-hybridized carbons (Fsp3) is 0.500. The summed E-state index contributed by atoms with van der Waals surface area (Å²) in [5, 5.41) is 0. The quantitative estimate of drug-likeness (QED) is 0.643. The fourth-order valence-corrected chi connectivity index (χ4v) is 3.62. The monoisotopic (exact) mass is 230 g/mol. The normalized spacial score (nSPS) is 37.8. The Kier molecular flexibility index (Phi) is 1.70. The van der Waals surface area contributed by atoms with Crippen molar-refractivity contribution in [2.45, 2.75) is 31.5 Å². The zero-order valence-corrected chi connectivity index (χ0v) is 9.52. The van der Waals surface area contributed by atoms with Gasteiger partial charge in [0.2, 0.25) is 0 Å². The van der Waals surface area contributed by atoms with Crippen LogP contribution >= 0.6 is 0 Å². The highest BCUT2D eigenvalue weighted by atomic mass is 16.7. The van der Waals surface area contributed by atoms with Crippen LogP contribution in [-0.2, 0) is 4.74 Å². The molecule has 1 aromatic carbocycles. The van der Waals surface area contributed by atoms with E-state index in [1.165, 1.54) is 6.42 Å². The summed E-state index contributed by atoms with van der Waals surface area (Å²) in [6.45, 7) is 0. The van der Waals surface area contributed by atoms with Crippen molar-refractivity contribution in [1.29, 1.82) is 0 Å². The molecule has 3 atom stereocenters. The van der Waals surface area contributed by atoms with Gasteiger partial charge in [-0.05, 0) is 37.3 Å². The molecule has 3 unspecified atom stereocenters. The van der Waals surface area contributed by atoms with Gasteiger partial charge in [0.25, 0.3) is 5.79 Å². The Labute approximate surface area is 99.7 Å². The van der Waals surface area contributed by atoms with Gasteiger partial charge in [-0.15, -0.1) is 0 Å². The Balaban J connectivity index is 1.77. The topological polar surface area (TPSA) is 35.5 Å². The van der Waals surface area contributed by atoms with E-state index in [1.807, 2.05) is 18.2 Å². The molecule has 0 aromatic heterocycles. The minimum atomic E-state index is -0.644. The van der Waals surface area contributed by atoms with Crippen LogP contribution in [0.2, 0.25) is 0 Å². The third kappa shape index (κ3) is 1.20. The highest BCUT2D eigenvalue weighted by molar-refractivity contribution is 5.93. The molecule has 17 heavy (non-hydrogen) atoms. The third-order valence-corrected chi connectivity index (χ3v) is 4.39. The minimum absolute atomic E-state index is 0.223. The smallest absolute Gasteiger partial charge is 0.345 e. The van der Waals surface area contributed by atoms with Gasteiger partial charge in [-0.1, -0.05) is 12.1 Å². The Morgan fingerprint density at radius 3 is 2.82 bits per heavy atom. The van der Waals surface area contributed by atoms with Crippen LogP contribution in [0.15, 0.2) is 24.3 Å². The first kappa shape index (κ1) is 9.51. The van der Waals surface area contributed by atoms with E-state index in [2.05, 4.69) is 0 Å². The van der Waals surface area contributed by atoms with E-state index >= 15 is 0 Å². The zero-order valence-electron chi connectivity index (χ0n) is 9.52. The standard InChI is InChI=1S/C14H14O3/c15-13-11-3-1-2-4-12(11)16-14(17-13)8-9-5-6-10(14)7-9/h1-4,9-10H,5-8H2. The number of ether oxygens (including phenoxy) is 2. The van der Waals surface area contributed by atoms with E-state index in [0.29, 0.717) is 23.1 Å². The Bertz CT molecular complexity index is 496. The van der Waals surface area contributed by atoms with Crippen LogP contribution < -0.4 is 4.74 Å². The lowest BCUT2D eigenvalue weighted by Crippen LogP contribution is -2.48. The van der Waals surface area contributed by atoms with E-state index < -0.39 is 5.79 Å². The van der Waals surface area contributed by atoms with Crippen LogP contribution in [0.5, 0.6) is 5.75 Å². The molecule has 1 heterocycles. The van der Waals surface area contributed by atoms with Crippen molar-refractivity contribution in [3.63, 3.8) is 0 Å². The average Bonchev–Trinajstić information content (AvgIpc) is 2.89. The number of para-hydroxylation sites is 1. The van der Waals surface area contributed by atoms with Gasteiger partial charge in [0.1, 0.15) is 11.3 Å². The molecule has 3 aliphatic rings. The van der Waals surface area contributed by atoms with Crippen molar-refractivity contribution in [3.8, 4) is 5.75 Å². The van der Waals surface area contributed by atoms with Crippen molar-refractivity contribution in [3.05, 3.63) is 29.8 Å². The number of hydrogen-bond acceptors (Lipinski definition) is 3. The number of hydrogen-bond donors (Lipinski definition) is 0. The second-order valence-corrected chi connectivity index (χ2v) is 5.38. The van der Waals surface area contributed by atoms with E-state index in [4.69, 9.17) is 9.47 Å². The summed E-state index contributed by atoms with van der Waals surface area (Å²) in [4.78, 5) is 12.0. The maximum absolute atomic E-state index is 12.0. The van der Waals surface area contributed by atoms with Crippen molar-refractivity contribution in [2.24, 2.45) is 11.8 Å². The first-order valence-corrected chi connectivity index (χ1v) is 6.28. The van der Waals surface area contributed by atoms with Crippen LogP contribution in [0.25, 0.3) is 0 Å². The first-order valence-electron chi connectivity index (χ1n) is 6.28. The average molecular weight is 230 g/mol. The van der Waals surface area contributed by atoms with Gasteiger partial charge in [0.15, 0.2) is 0 Å². The van der Waals surface area contributed by atoms with Crippen LogP contribution in [0.3, 0.4) is 0 Å². The zero-order chi connectivity index (χ0) is 11.5. The minimum Gasteiger partial charge on any atom is -0.451 e. The first-order chi connectivity index (χ1) is 8.27. The van der Waals surface area contributed by atoms with Crippen molar-refractivity contribution < 1.29 is 14.3 Å². The molecule has 1 aromatic rings. The molecule has 1 aliphatic heterocycles. The van der Waals surface area contributed by atoms with Crippen molar-refractivity contribution >= 4 is 5.97 Å². The lowest BCUT2D eigenvalue weighted by Gasteiger charge is -2.40. The molecule has 2 aliphatic carbocycles. The van der Waals surface area contributed by atoms with E-state index in [-0.39, 0.29) is 5.97 Å². The Morgan fingerprint density at radius 2 is 2.06 bits per heavy atom. The molecule has 4 rings (SSSR count). The van der Waals surface area contributed by atoms with Gasteiger partial charge < -0.3 is 9.47 Å². The predicted octanol–water partition coefficient (Wildman–Crippen LogP) is 2.75. The number of rotatable bonds is 0. The SMILES string of the molecule is O=C1OC2(CC3CCC2C3)Oc2ccccc21. The molecule has 3 nitrogen and oxygen atoms in total. The number of carbonyl (C=O) groups is 1. The van der Waals surface area contributed by atoms with Crippen molar-refractivity contribution in [2.75, 3.05) is 0 Å². The highest BCUT2D eigenvalue weighted by Crippen LogP contribution is 2.54. The van der Waals surface area contributed by atoms with Crippen LogP contribution in [0, 0.1) is 11.8 Å². The molecule has 0 amide bonds. The highest BCUT2D eigenvalue weighted by Gasteiger charge is 2.58. The summed E-state index contributed by atoms with van der Waals surface area (Å²) in [6, 6.07) is 7.36. The van der Waals surface area contributed by atoms with Gasteiger partial charge >= 0.3 is 5.97 Å². The predicted molar refractivity (Wildman–Crippen MR) is 60.7 cm³/mol. The van der Waals surface area contributed by atoms with Crippen LogP contribution in [0.4, 0.5) is 0 Å². The largest absolute Gasteiger partial charge is 0.451 e. The lowest BCUT2D eigenvalue weighted by atomic mass is 9.92. The molecule has 1 spiro atoms. The number of esters is 1. The second-order valence-electron chi connectivity index (χ2n) is 5.38. The summed E-state index contributed by atoms with van der Waals surface area (Å²) < 4.78 is 11.7. The molecular formula is C14H14O3. The number of carbonyl (C=O) groups excluding carboxylic acids is 1. The molecule has 0 N–H and O–H groups in total. The molecule has 2 saturated carbocycles. The van der Waals surface area contributed by atoms with E-state index in [9.17, 15) is 4.79 Å². The van der Waals surface area contributed by atoms with E-state index in [0.717, 1.165) is 19.3 Å². The van der Waals surface area contributed by atoms with E-state index in [1.54, 1.807) is 6.07 Å². The molecule has 0 saturated heterocycles. The van der Waals surface area contributed by atoms with Gasteiger partial charge in [-0.25, -0.2) is 4.79 Å². The van der Waals surface area contributed by atoms with Crippen molar-refractivity contribution in [1.82, 2.24) is 0 Å². The molecule has 88 valence electrons. The Hall–Kier alpha value is -1.51.